The summed E-state index contributed by atoms with van der Waals surface area (Å²) in [4.78, 5) is 1.56. The molecule has 10 nitrogen and oxygen atoms in total. The number of hydrogen-bond donors (Lipinski definition) is 3. The monoisotopic (exact) mass is 525 g/mol. The second-order valence-electron chi connectivity index (χ2n) is 8.04. The molecule has 13 heteroatoms. The zero-order chi connectivity index (χ0) is 25.8. The Morgan fingerprint density at radius 3 is 2.34 bits per heavy atom. The van der Waals surface area contributed by atoms with E-state index in [1.165, 1.54) is 48.7 Å². The first-order valence-corrected chi connectivity index (χ1v) is 13.4. The van der Waals surface area contributed by atoms with Gasteiger partial charge in [-0.25, -0.2) is 16.8 Å². The van der Waals surface area contributed by atoms with Gasteiger partial charge in [0.15, 0.2) is 0 Å². The lowest BCUT2D eigenvalue weighted by Gasteiger charge is -2.22. The Morgan fingerprint density at radius 1 is 1.00 bits per heavy atom. The van der Waals surface area contributed by atoms with Gasteiger partial charge in [0.2, 0.25) is 0 Å². The van der Waals surface area contributed by atoms with E-state index in [-0.39, 0.29) is 28.4 Å². The molecule has 3 aromatic rings. The number of halogens is 1. The fourth-order valence-corrected chi connectivity index (χ4v) is 5.34. The molecular formula is C22H28FN5O5S2. The molecule has 1 aromatic heterocycles. The van der Waals surface area contributed by atoms with Crippen LogP contribution in [0.5, 0.6) is 0 Å². The maximum absolute atomic E-state index is 14.6. The third-order valence-corrected chi connectivity index (χ3v) is 7.55. The first-order valence-electron chi connectivity index (χ1n) is 10.6. The molecular weight excluding hydrogens is 497 g/mol. The van der Waals surface area contributed by atoms with Gasteiger partial charge in [-0.1, -0.05) is 22.6 Å². The highest BCUT2D eigenvalue weighted by molar-refractivity contribution is 7.90. The number of hydrazine groups is 1. The van der Waals surface area contributed by atoms with Crippen molar-refractivity contribution >= 4 is 26.0 Å². The van der Waals surface area contributed by atoms with E-state index in [0.717, 1.165) is 3.97 Å². The number of rotatable bonds is 11. The van der Waals surface area contributed by atoms with Crippen molar-refractivity contribution < 1.29 is 25.8 Å². The van der Waals surface area contributed by atoms with Gasteiger partial charge in [-0.05, 0) is 63.1 Å². The fourth-order valence-electron chi connectivity index (χ4n) is 3.37. The number of benzene rings is 2. The molecule has 0 aliphatic heterocycles. The number of likely N-dealkylation sites (N-methyl/N-ethyl adjacent to an activating group) is 1. The minimum absolute atomic E-state index is 0.0920. The summed E-state index contributed by atoms with van der Waals surface area (Å²) in [5.74, 6) is -0.571. The summed E-state index contributed by atoms with van der Waals surface area (Å²) in [6.07, 6.45) is 1.41. The van der Waals surface area contributed by atoms with Crippen molar-refractivity contribution in [1.82, 2.24) is 18.6 Å². The highest BCUT2D eigenvalue weighted by atomic mass is 32.2. The van der Waals surface area contributed by atoms with Crippen LogP contribution in [-0.4, -0.2) is 68.9 Å². The second kappa shape index (κ2) is 10.8. The van der Waals surface area contributed by atoms with Crippen LogP contribution in [0.3, 0.4) is 0 Å². The molecule has 0 aliphatic carbocycles. The van der Waals surface area contributed by atoms with Gasteiger partial charge < -0.3 is 15.6 Å². The van der Waals surface area contributed by atoms with Crippen molar-refractivity contribution in [2.75, 3.05) is 39.7 Å². The zero-order valence-corrected chi connectivity index (χ0v) is 21.1. The van der Waals surface area contributed by atoms with Crippen molar-refractivity contribution in [3.8, 4) is 11.3 Å². The molecule has 3 N–H and O–H groups in total. The Morgan fingerprint density at radius 2 is 1.71 bits per heavy atom. The summed E-state index contributed by atoms with van der Waals surface area (Å²) in [6, 6.07) is 13.0. The van der Waals surface area contributed by atoms with Gasteiger partial charge >= 0.3 is 10.3 Å². The lowest BCUT2D eigenvalue weighted by Crippen LogP contribution is -2.40. The molecule has 0 atom stereocenters. The lowest BCUT2D eigenvalue weighted by molar-refractivity contribution is 0.332. The minimum atomic E-state index is -4.62. The van der Waals surface area contributed by atoms with Crippen LogP contribution in [0.4, 0.5) is 10.1 Å². The largest absolute Gasteiger partial charge is 0.353 e. The van der Waals surface area contributed by atoms with Gasteiger partial charge in [0.05, 0.1) is 16.3 Å². The standard InChI is InChI=1S/C22H28FN5O5S2/c1-24-15-17-13-22(20-9-4-5-10-21(20)23)27(16-17)34(29,30)19-8-6-7-18(14-19)25-28(35(31,32)33)12-11-26(2)3/h4-10,13-14,16,24-25H,11-12,15H2,1-3H3,(H,31,32,33). The van der Waals surface area contributed by atoms with E-state index < -0.39 is 26.1 Å². The van der Waals surface area contributed by atoms with Gasteiger partial charge in [0, 0.05) is 31.4 Å². The summed E-state index contributed by atoms with van der Waals surface area (Å²) in [6.45, 7) is 0.570. The van der Waals surface area contributed by atoms with E-state index in [1.807, 2.05) is 0 Å². The van der Waals surface area contributed by atoms with E-state index in [1.54, 1.807) is 38.2 Å². The quantitative estimate of drug-likeness (QED) is 0.257. The second-order valence-corrected chi connectivity index (χ2v) is 11.2. The topological polar surface area (TPSA) is 124 Å². The molecule has 0 spiro atoms. The van der Waals surface area contributed by atoms with Crippen molar-refractivity contribution in [2.45, 2.75) is 11.4 Å². The van der Waals surface area contributed by atoms with Crippen molar-refractivity contribution in [2.24, 2.45) is 0 Å². The Balaban J connectivity index is 2.04. The maximum atomic E-state index is 14.6. The van der Waals surface area contributed by atoms with Crippen LogP contribution in [-0.2, 0) is 26.9 Å². The van der Waals surface area contributed by atoms with Crippen LogP contribution in [0.15, 0.2) is 65.7 Å². The predicted octanol–water partition coefficient (Wildman–Crippen LogP) is 2.24. The van der Waals surface area contributed by atoms with Gasteiger partial charge in [-0.15, -0.1) is 0 Å². The fraction of sp³-hybridized carbons (Fsp3) is 0.273. The number of nitrogens with one attached hydrogen (secondary N) is 2. The van der Waals surface area contributed by atoms with Crippen LogP contribution >= 0.6 is 0 Å². The molecule has 3 rings (SSSR count). The average Bonchev–Trinajstić information content (AvgIpc) is 3.21. The molecule has 0 radical (unpaired) electrons. The highest BCUT2D eigenvalue weighted by Crippen LogP contribution is 2.30. The molecule has 0 unspecified atom stereocenters. The third kappa shape index (κ3) is 6.45. The summed E-state index contributed by atoms with van der Waals surface area (Å²) < 4.78 is 76.5. The normalized spacial score (nSPS) is 12.4. The molecule has 35 heavy (non-hydrogen) atoms. The van der Waals surface area contributed by atoms with Gasteiger partial charge in [0.1, 0.15) is 5.82 Å². The SMILES string of the molecule is CNCc1cc(-c2ccccc2F)n(S(=O)(=O)c2cccc(NN(CCN(C)C)S(=O)(=O)O)c2)c1. The van der Waals surface area contributed by atoms with Gasteiger partial charge in [0.25, 0.3) is 10.0 Å². The maximum Gasteiger partial charge on any atom is 0.353 e. The molecule has 0 fully saturated rings. The van der Waals surface area contributed by atoms with Crippen LogP contribution in [0.1, 0.15) is 5.56 Å². The van der Waals surface area contributed by atoms with E-state index in [2.05, 4.69) is 10.7 Å². The smallest absolute Gasteiger partial charge is 0.316 e. The molecule has 0 amide bonds. The summed E-state index contributed by atoms with van der Waals surface area (Å²) >= 11 is 0. The Labute approximate surface area is 204 Å². The number of nitrogens with zero attached hydrogens (tertiary/aromatic N) is 3. The Bertz CT molecular complexity index is 1390. The first kappa shape index (κ1) is 26.8. The number of aromatic nitrogens is 1. The lowest BCUT2D eigenvalue weighted by atomic mass is 10.1. The molecule has 0 saturated heterocycles. The van der Waals surface area contributed by atoms with Crippen LogP contribution in [0.2, 0.25) is 0 Å². The molecule has 0 bridgehead atoms. The summed E-state index contributed by atoms with van der Waals surface area (Å²) in [5.41, 5.74) is 3.57. The highest BCUT2D eigenvalue weighted by Gasteiger charge is 2.25. The van der Waals surface area contributed by atoms with E-state index in [4.69, 9.17) is 0 Å². The third-order valence-electron chi connectivity index (χ3n) is 5.05. The van der Waals surface area contributed by atoms with Crippen molar-refractivity contribution in [3.05, 3.63) is 72.2 Å². The molecule has 1 heterocycles. The zero-order valence-electron chi connectivity index (χ0n) is 19.5. The molecule has 0 saturated carbocycles. The predicted molar refractivity (Wildman–Crippen MR) is 132 cm³/mol. The van der Waals surface area contributed by atoms with E-state index in [0.29, 0.717) is 23.1 Å². The van der Waals surface area contributed by atoms with Gasteiger partial charge in [-0.2, -0.15) is 8.42 Å². The molecule has 2 aromatic carbocycles. The van der Waals surface area contributed by atoms with Crippen LogP contribution in [0, 0.1) is 5.82 Å². The minimum Gasteiger partial charge on any atom is -0.316 e. The van der Waals surface area contributed by atoms with Crippen molar-refractivity contribution in [3.63, 3.8) is 0 Å². The van der Waals surface area contributed by atoms with Crippen molar-refractivity contribution in [1.29, 1.82) is 0 Å². The number of anilines is 1. The van der Waals surface area contributed by atoms with Gasteiger partial charge in [-0.3, -0.25) is 4.55 Å². The number of hydrogen-bond acceptors (Lipinski definition) is 7. The first-order chi connectivity index (χ1) is 16.4. The summed E-state index contributed by atoms with van der Waals surface area (Å²) in [5, 5.41) is 2.95. The Hall–Kier alpha value is -2.81. The average molecular weight is 526 g/mol. The Kier molecular flexibility index (Phi) is 8.30. The molecule has 190 valence electrons. The van der Waals surface area contributed by atoms with E-state index >= 15 is 0 Å². The van der Waals surface area contributed by atoms with Crippen LogP contribution < -0.4 is 10.7 Å². The van der Waals surface area contributed by atoms with Crippen LogP contribution in [0.25, 0.3) is 11.3 Å². The molecule has 0 aliphatic rings. The summed E-state index contributed by atoms with van der Waals surface area (Å²) in [7, 11) is -3.64. The van der Waals surface area contributed by atoms with E-state index in [9.17, 15) is 25.8 Å².